The Labute approximate surface area is 93.9 Å². The van der Waals surface area contributed by atoms with Crippen molar-refractivity contribution < 1.29 is 4.52 Å². The van der Waals surface area contributed by atoms with E-state index in [1.54, 1.807) is 12.6 Å². The van der Waals surface area contributed by atoms with Gasteiger partial charge >= 0.3 is 0 Å². The molecular formula is C11H14N4O. The topological polar surface area (TPSA) is 63.8 Å². The van der Waals surface area contributed by atoms with E-state index < -0.39 is 0 Å². The lowest BCUT2D eigenvalue weighted by atomic mass is 10.1. The Balaban J connectivity index is 2.01. The van der Waals surface area contributed by atoms with E-state index in [1.807, 2.05) is 12.1 Å². The maximum Gasteiger partial charge on any atom is 0.129 e. The molecule has 0 saturated heterocycles. The van der Waals surface area contributed by atoms with Gasteiger partial charge in [0.2, 0.25) is 0 Å². The monoisotopic (exact) mass is 218 g/mol. The van der Waals surface area contributed by atoms with E-state index >= 15 is 0 Å². The molecule has 2 aromatic heterocycles. The molecule has 0 aliphatic carbocycles. The summed E-state index contributed by atoms with van der Waals surface area (Å²) in [5, 5.41) is 6.98. The second-order valence-electron chi connectivity index (χ2n) is 3.83. The van der Waals surface area contributed by atoms with Crippen LogP contribution in [-0.2, 0) is 6.54 Å². The molecule has 0 aromatic carbocycles. The lowest BCUT2D eigenvalue weighted by Crippen LogP contribution is -2.03. The van der Waals surface area contributed by atoms with Crippen LogP contribution in [0.3, 0.4) is 0 Å². The van der Waals surface area contributed by atoms with E-state index in [0.29, 0.717) is 12.5 Å². The number of anilines is 1. The minimum Gasteiger partial charge on any atom is -0.364 e. The summed E-state index contributed by atoms with van der Waals surface area (Å²) < 4.78 is 4.74. The van der Waals surface area contributed by atoms with Crippen molar-refractivity contribution in [1.29, 1.82) is 0 Å². The predicted octanol–water partition coefficient (Wildman–Crippen LogP) is 2.20. The summed E-state index contributed by atoms with van der Waals surface area (Å²) in [6.07, 6.45) is 3.12. The number of aromatic nitrogens is 3. The Bertz CT molecular complexity index is 439. The van der Waals surface area contributed by atoms with E-state index in [0.717, 1.165) is 17.2 Å². The lowest BCUT2D eigenvalue weighted by molar-refractivity contribution is 0.412. The second kappa shape index (κ2) is 4.74. The summed E-state index contributed by atoms with van der Waals surface area (Å²) in [6, 6.07) is 3.77. The summed E-state index contributed by atoms with van der Waals surface area (Å²) in [5.41, 5.74) is 1.88. The molecule has 84 valence electrons. The first kappa shape index (κ1) is 10.6. The number of hydrogen-bond donors (Lipinski definition) is 1. The van der Waals surface area contributed by atoms with E-state index in [4.69, 9.17) is 4.52 Å². The minimum absolute atomic E-state index is 0.399. The van der Waals surface area contributed by atoms with Gasteiger partial charge in [0, 0.05) is 17.8 Å². The molecule has 0 amide bonds. The molecule has 2 rings (SSSR count). The molecule has 0 bridgehead atoms. The van der Waals surface area contributed by atoms with Crippen LogP contribution in [0.15, 0.2) is 29.2 Å². The molecule has 0 spiro atoms. The number of rotatable bonds is 4. The van der Waals surface area contributed by atoms with E-state index in [9.17, 15) is 0 Å². The van der Waals surface area contributed by atoms with Crippen LogP contribution < -0.4 is 5.32 Å². The molecular weight excluding hydrogens is 204 g/mol. The molecule has 0 aliphatic rings. The van der Waals surface area contributed by atoms with Crippen LogP contribution in [-0.4, -0.2) is 15.1 Å². The Morgan fingerprint density at radius 3 is 2.94 bits per heavy atom. The highest BCUT2D eigenvalue weighted by atomic mass is 16.5. The summed E-state index contributed by atoms with van der Waals surface area (Å²) in [5.74, 6) is 1.21. The van der Waals surface area contributed by atoms with Gasteiger partial charge in [0.25, 0.3) is 0 Å². The van der Waals surface area contributed by atoms with E-state index in [1.165, 1.54) is 0 Å². The third-order valence-corrected chi connectivity index (χ3v) is 2.22. The van der Waals surface area contributed by atoms with Crippen LogP contribution in [0.5, 0.6) is 0 Å². The minimum atomic E-state index is 0.399. The van der Waals surface area contributed by atoms with Crippen molar-refractivity contribution in [3.05, 3.63) is 36.1 Å². The van der Waals surface area contributed by atoms with Gasteiger partial charge in [-0.15, -0.1) is 0 Å². The molecule has 5 nitrogen and oxygen atoms in total. The van der Waals surface area contributed by atoms with Gasteiger partial charge in [-0.2, -0.15) is 0 Å². The van der Waals surface area contributed by atoms with Crippen LogP contribution in [0.2, 0.25) is 0 Å². The van der Waals surface area contributed by atoms with Gasteiger partial charge in [0.1, 0.15) is 24.1 Å². The molecule has 0 aliphatic heterocycles. The molecule has 0 radical (unpaired) electrons. The first-order valence-electron chi connectivity index (χ1n) is 5.21. The van der Waals surface area contributed by atoms with Crippen molar-refractivity contribution in [3.8, 4) is 0 Å². The molecule has 5 heteroatoms. The van der Waals surface area contributed by atoms with Gasteiger partial charge < -0.3 is 9.84 Å². The van der Waals surface area contributed by atoms with Crippen LogP contribution in [0.25, 0.3) is 0 Å². The molecule has 0 unspecified atom stereocenters. The summed E-state index contributed by atoms with van der Waals surface area (Å²) >= 11 is 0. The van der Waals surface area contributed by atoms with Crippen molar-refractivity contribution in [2.45, 2.75) is 26.3 Å². The molecule has 0 atom stereocenters. The fourth-order valence-electron chi connectivity index (χ4n) is 1.29. The van der Waals surface area contributed by atoms with E-state index in [-0.39, 0.29) is 0 Å². The number of nitrogens with one attached hydrogen (secondary N) is 1. The average Bonchev–Trinajstić information content (AvgIpc) is 2.79. The Hall–Kier alpha value is -1.91. The summed E-state index contributed by atoms with van der Waals surface area (Å²) in [6.45, 7) is 4.80. The maximum absolute atomic E-state index is 4.74. The van der Waals surface area contributed by atoms with Crippen molar-refractivity contribution >= 4 is 5.82 Å². The molecule has 1 N–H and O–H groups in total. The van der Waals surface area contributed by atoms with Gasteiger partial charge in [0.15, 0.2) is 0 Å². The SMILES string of the molecule is CC(C)c1cc(NCc2ccon2)ncn1. The van der Waals surface area contributed by atoms with Crippen molar-refractivity contribution in [3.63, 3.8) is 0 Å². The van der Waals surface area contributed by atoms with Crippen LogP contribution in [0.1, 0.15) is 31.2 Å². The van der Waals surface area contributed by atoms with Crippen molar-refractivity contribution in [2.24, 2.45) is 0 Å². The Morgan fingerprint density at radius 1 is 1.38 bits per heavy atom. The molecule has 0 saturated carbocycles. The normalized spacial score (nSPS) is 10.7. The molecule has 2 aromatic rings. The summed E-state index contributed by atoms with van der Waals surface area (Å²) in [4.78, 5) is 8.34. The zero-order valence-corrected chi connectivity index (χ0v) is 9.34. The molecule has 16 heavy (non-hydrogen) atoms. The standard InChI is InChI=1S/C11H14N4O/c1-8(2)10-5-11(14-7-13-10)12-6-9-3-4-16-15-9/h3-5,7-8H,6H2,1-2H3,(H,12,13,14). The predicted molar refractivity (Wildman–Crippen MR) is 60.0 cm³/mol. The third-order valence-electron chi connectivity index (χ3n) is 2.22. The van der Waals surface area contributed by atoms with Crippen LogP contribution >= 0.6 is 0 Å². The Kier molecular flexibility index (Phi) is 3.14. The van der Waals surface area contributed by atoms with Crippen LogP contribution in [0, 0.1) is 0 Å². The zero-order valence-electron chi connectivity index (χ0n) is 9.34. The van der Waals surface area contributed by atoms with Crippen molar-refractivity contribution in [2.75, 3.05) is 5.32 Å². The number of nitrogens with zero attached hydrogens (tertiary/aromatic N) is 3. The molecule has 2 heterocycles. The van der Waals surface area contributed by atoms with Gasteiger partial charge in [-0.25, -0.2) is 9.97 Å². The first-order chi connectivity index (χ1) is 7.75. The fourth-order valence-corrected chi connectivity index (χ4v) is 1.29. The smallest absolute Gasteiger partial charge is 0.129 e. The van der Waals surface area contributed by atoms with E-state index in [2.05, 4.69) is 34.3 Å². The lowest BCUT2D eigenvalue weighted by Gasteiger charge is -2.07. The largest absolute Gasteiger partial charge is 0.364 e. The quantitative estimate of drug-likeness (QED) is 0.852. The fraction of sp³-hybridized carbons (Fsp3) is 0.364. The maximum atomic E-state index is 4.74. The van der Waals surface area contributed by atoms with Crippen LogP contribution in [0.4, 0.5) is 5.82 Å². The van der Waals surface area contributed by atoms with Gasteiger partial charge in [-0.3, -0.25) is 0 Å². The second-order valence-corrected chi connectivity index (χ2v) is 3.83. The zero-order chi connectivity index (χ0) is 11.4. The Morgan fingerprint density at radius 2 is 2.25 bits per heavy atom. The highest BCUT2D eigenvalue weighted by Gasteiger charge is 2.03. The average molecular weight is 218 g/mol. The highest BCUT2D eigenvalue weighted by molar-refractivity contribution is 5.35. The van der Waals surface area contributed by atoms with Crippen molar-refractivity contribution in [1.82, 2.24) is 15.1 Å². The first-order valence-corrected chi connectivity index (χ1v) is 5.21. The highest BCUT2D eigenvalue weighted by Crippen LogP contribution is 2.13. The van der Waals surface area contributed by atoms with Gasteiger partial charge in [-0.05, 0) is 5.92 Å². The number of hydrogen-bond acceptors (Lipinski definition) is 5. The summed E-state index contributed by atoms with van der Waals surface area (Å²) in [7, 11) is 0. The van der Waals surface area contributed by atoms with Gasteiger partial charge in [-0.1, -0.05) is 19.0 Å². The third kappa shape index (κ3) is 2.56. The molecule has 0 fully saturated rings. The van der Waals surface area contributed by atoms with Gasteiger partial charge in [0.05, 0.1) is 6.54 Å².